The number of carbonyl (C=O) groups is 1. The van der Waals surface area contributed by atoms with Crippen LogP contribution in [-0.4, -0.2) is 11.1 Å². The van der Waals surface area contributed by atoms with Gasteiger partial charge in [-0.25, -0.2) is 4.39 Å². The van der Waals surface area contributed by atoms with Crippen LogP contribution in [0.4, 0.5) is 4.39 Å². The van der Waals surface area contributed by atoms with Crippen LogP contribution in [0.1, 0.15) is 49.4 Å². The van der Waals surface area contributed by atoms with Crippen LogP contribution in [0.2, 0.25) is 0 Å². The van der Waals surface area contributed by atoms with Gasteiger partial charge >= 0.3 is 5.97 Å². The van der Waals surface area contributed by atoms with E-state index in [0.29, 0.717) is 11.5 Å². The van der Waals surface area contributed by atoms with E-state index in [0.717, 1.165) is 22.9 Å². The fourth-order valence-corrected chi connectivity index (χ4v) is 3.05. The summed E-state index contributed by atoms with van der Waals surface area (Å²) in [6.07, 6.45) is 1.32. The van der Waals surface area contributed by atoms with Gasteiger partial charge in [0.25, 0.3) is 0 Å². The van der Waals surface area contributed by atoms with Gasteiger partial charge in [-0.3, -0.25) is 4.79 Å². The summed E-state index contributed by atoms with van der Waals surface area (Å²) in [5.74, 6) is -0.240. The first-order valence-corrected chi connectivity index (χ1v) is 6.93. The lowest BCUT2D eigenvalue weighted by molar-refractivity contribution is -0.137. The summed E-state index contributed by atoms with van der Waals surface area (Å²) in [6.45, 7) is 1.50. The molecule has 0 aliphatic heterocycles. The lowest BCUT2D eigenvalue weighted by Gasteiger charge is -2.16. The van der Waals surface area contributed by atoms with Crippen molar-refractivity contribution in [1.82, 2.24) is 0 Å². The molecule has 0 radical (unpaired) electrons. The normalized spacial score (nSPS) is 18.4. The smallest absolute Gasteiger partial charge is 0.303 e. The monoisotopic (exact) mass is 314 g/mol. The average molecular weight is 315 g/mol. The lowest BCUT2D eigenvalue weighted by Crippen LogP contribution is -2.08. The molecule has 0 amide bonds. The van der Waals surface area contributed by atoms with Gasteiger partial charge in [-0.1, -0.05) is 28.1 Å². The van der Waals surface area contributed by atoms with Gasteiger partial charge in [-0.05, 0) is 48.8 Å². The quantitative estimate of drug-likeness (QED) is 0.872. The van der Waals surface area contributed by atoms with E-state index in [2.05, 4.69) is 15.9 Å². The van der Waals surface area contributed by atoms with Crippen molar-refractivity contribution < 1.29 is 14.3 Å². The van der Waals surface area contributed by atoms with Crippen molar-refractivity contribution in [1.29, 1.82) is 0 Å². The highest BCUT2D eigenvalue weighted by Crippen LogP contribution is 2.45. The Morgan fingerprint density at radius 3 is 2.67 bits per heavy atom. The fourth-order valence-electron chi connectivity index (χ4n) is 2.34. The summed E-state index contributed by atoms with van der Waals surface area (Å²) < 4.78 is 14.0. The van der Waals surface area contributed by atoms with Crippen LogP contribution in [0.25, 0.3) is 0 Å². The lowest BCUT2D eigenvalue weighted by atomic mass is 9.90. The number of aliphatic carboxylic acids is 1. The fraction of sp³-hybridized carbons (Fsp3) is 0.500. The van der Waals surface area contributed by atoms with Gasteiger partial charge in [0.05, 0.1) is 6.42 Å². The number of alkyl halides is 1. The zero-order chi connectivity index (χ0) is 13.3. The highest BCUT2D eigenvalue weighted by molar-refractivity contribution is 9.10. The number of rotatable bonds is 5. The summed E-state index contributed by atoms with van der Waals surface area (Å²) in [7, 11) is 0. The second-order valence-electron chi connectivity index (χ2n) is 4.94. The summed E-state index contributed by atoms with van der Waals surface area (Å²) >= 11 is 3.36. The second kappa shape index (κ2) is 5.39. The van der Waals surface area contributed by atoms with Crippen molar-refractivity contribution >= 4 is 21.9 Å². The molecule has 98 valence electrons. The Bertz CT molecular complexity index is 455. The summed E-state index contributed by atoms with van der Waals surface area (Å²) in [4.78, 5) is 10.9. The number of carboxylic acid groups (broad SMARTS) is 1. The van der Waals surface area contributed by atoms with Crippen LogP contribution in [0.3, 0.4) is 0 Å². The molecule has 0 spiro atoms. The Balaban J connectivity index is 2.25. The van der Waals surface area contributed by atoms with E-state index in [1.807, 2.05) is 12.1 Å². The van der Waals surface area contributed by atoms with Gasteiger partial charge < -0.3 is 5.11 Å². The summed E-state index contributed by atoms with van der Waals surface area (Å²) in [5.41, 5.74) is 1.61. The Morgan fingerprint density at radius 1 is 1.56 bits per heavy atom. The van der Waals surface area contributed by atoms with Crippen LogP contribution in [0.5, 0.6) is 0 Å². The number of halogens is 2. The van der Waals surface area contributed by atoms with Crippen LogP contribution >= 0.6 is 15.9 Å². The third-order valence-electron chi connectivity index (χ3n) is 3.47. The predicted molar refractivity (Wildman–Crippen MR) is 71.4 cm³/mol. The van der Waals surface area contributed by atoms with Gasteiger partial charge in [0.1, 0.15) is 6.17 Å². The largest absolute Gasteiger partial charge is 0.481 e. The number of benzene rings is 1. The number of carboxylic acids is 1. The Morgan fingerprint density at radius 2 is 2.22 bits per heavy atom. The van der Waals surface area contributed by atoms with Gasteiger partial charge in [-0.15, -0.1) is 0 Å². The maximum Gasteiger partial charge on any atom is 0.303 e. The first kappa shape index (κ1) is 13.5. The van der Waals surface area contributed by atoms with E-state index in [4.69, 9.17) is 5.11 Å². The highest BCUT2D eigenvalue weighted by atomic mass is 79.9. The van der Waals surface area contributed by atoms with Crippen molar-refractivity contribution in [2.24, 2.45) is 5.92 Å². The van der Waals surface area contributed by atoms with Crippen molar-refractivity contribution in [3.63, 3.8) is 0 Å². The summed E-state index contributed by atoms with van der Waals surface area (Å²) in [5, 5.41) is 8.96. The molecule has 1 fully saturated rings. The molecular formula is C14H16BrFO2. The van der Waals surface area contributed by atoms with Crippen LogP contribution < -0.4 is 0 Å². The second-order valence-corrected chi connectivity index (χ2v) is 5.79. The highest BCUT2D eigenvalue weighted by Gasteiger charge is 2.33. The van der Waals surface area contributed by atoms with E-state index in [1.54, 1.807) is 6.07 Å². The van der Waals surface area contributed by atoms with Gasteiger partial charge in [0.15, 0.2) is 0 Å². The first-order valence-electron chi connectivity index (χ1n) is 6.14. The van der Waals surface area contributed by atoms with Gasteiger partial charge in [-0.2, -0.15) is 0 Å². The van der Waals surface area contributed by atoms with E-state index in [9.17, 15) is 9.18 Å². The molecule has 0 heterocycles. The molecule has 1 saturated carbocycles. The van der Waals surface area contributed by atoms with Crippen molar-refractivity contribution in [2.75, 3.05) is 0 Å². The minimum absolute atomic E-state index is 0.0581. The van der Waals surface area contributed by atoms with E-state index in [-0.39, 0.29) is 12.3 Å². The van der Waals surface area contributed by atoms with Crippen molar-refractivity contribution in [3.05, 3.63) is 33.8 Å². The minimum atomic E-state index is -1.02. The van der Waals surface area contributed by atoms with Gasteiger partial charge in [0.2, 0.25) is 0 Å². The molecule has 0 bridgehead atoms. The molecule has 18 heavy (non-hydrogen) atoms. The Labute approximate surface area is 114 Å². The molecule has 0 aromatic heterocycles. The molecule has 2 nitrogen and oxygen atoms in total. The van der Waals surface area contributed by atoms with E-state index < -0.39 is 12.1 Å². The maximum atomic E-state index is 13.3. The Kier molecular flexibility index (Phi) is 4.05. The topological polar surface area (TPSA) is 37.3 Å². The Hall–Kier alpha value is -0.900. The molecule has 4 heteroatoms. The van der Waals surface area contributed by atoms with Crippen LogP contribution in [-0.2, 0) is 4.79 Å². The van der Waals surface area contributed by atoms with Gasteiger partial charge in [0, 0.05) is 4.47 Å². The third-order valence-corrected chi connectivity index (χ3v) is 4.15. The minimum Gasteiger partial charge on any atom is -0.481 e. The molecule has 1 N–H and O–H groups in total. The third kappa shape index (κ3) is 3.10. The molecule has 1 aromatic carbocycles. The zero-order valence-corrected chi connectivity index (χ0v) is 11.8. The number of hydrogen-bond donors (Lipinski definition) is 1. The van der Waals surface area contributed by atoms with E-state index in [1.165, 1.54) is 6.92 Å². The summed E-state index contributed by atoms with van der Waals surface area (Å²) in [6, 6.07) is 5.49. The molecule has 2 atom stereocenters. The average Bonchev–Trinajstić information content (AvgIpc) is 3.08. The molecule has 0 saturated heterocycles. The van der Waals surface area contributed by atoms with Crippen LogP contribution in [0, 0.1) is 5.92 Å². The molecule has 2 unspecified atom stereocenters. The van der Waals surface area contributed by atoms with E-state index >= 15 is 0 Å². The van der Waals surface area contributed by atoms with Crippen molar-refractivity contribution in [2.45, 2.75) is 38.3 Å². The molecule has 2 rings (SSSR count). The predicted octanol–water partition coefficient (Wildman–Crippen LogP) is 4.45. The molecule has 1 aromatic rings. The van der Waals surface area contributed by atoms with Crippen molar-refractivity contribution in [3.8, 4) is 0 Å². The standard InChI is InChI=1S/C14H16BrFO2/c1-8(16)11-5-4-10(6-13(11)15)12(7-14(17)18)9-2-3-9/h4-6,8-9,12H,2-3,7H2,1H3,(H,17,18). The molecule has 1 aliphatic rings. The molecular weight excluding hydrogens is 299 g/mol. The zero-order valence-electron chi connectivity index (χ0n) is 10.2. The molecule has 1 aliphatic carbocycles. The van der Waals surface area contributed by atoms with Crippen LogP contribution in [0.15, 0.2) is 22.7 Å². The SMILES string of the molecule is CC(F)c1ccc(C(CC(=O)O)C2CC2)cc1Br. The maximum absolute atomic E-state index is 13.3. The number of hydrogen-bond acceptors (Lipinski definition) is 1. The first-order chi connectivity index (χ1) is 8.49.